The Bertz CT molecular complexity index is 251. The van der Waals surface area contributed by atoms with Crippen LogP contribution in [-0.4, -0.2) is 4.98 Å². The molecular formula is C10H13N. The monoisotopic (exact) mass is 147 g/mol. The quantitative estimate of drug-likeness (QED) is 0.626. The molecule has 0 fully saturated rings. The van der Waals surface area contributed by atoms with Crippen LogP contribution in [0.5, 0.6) is 0 Å². The van der Waals surface area contributed by atoms with Gasteiger partial charge in [-0.1, -0.05) is 19.1 Å². The fourth-order valence-corrected chi connectivity index (χ4v) is 0.896. The summed E-state index contributed by atoms with van der Waals surface area (Å²) in [6.45, 7) is 4.22. The third-order valence-corrected chi connectivity index (χ3v) is 1.61. The molecule has 0 bridgehead atoms. The smallest absolute Gasteiger partial charge is 0.0342 e. The molecule has 0 aliphatic rings. The van der Waals surface area contributed by atoms with E-state index in [1.165, 1.54) is 11.1 Å². The van der Waals surface area contributed by atoms with Crippen molar-refractivity contribution in [2.24, 2.45) is 0 Å². The molecule has 1 nitrogen and oxygen atoms in total. The van der Waals surface area contributed by atoms with Gasteiger partial charge in [0.2, 0.25) is 0 Å². The Morgan fingerprint density at radius 2 is 2.36 bits per heavy atom. The Kier molecular flexibility index (Phi) is 2.84. The van der Waals surface area contributed by atoms with Crippen molar-refractivity contribution >= 4 is 6.08 Å². The third kappa shape index (κ3) is 2.19. The number of aryl methyl sites for hydroxylation is 1. The number of aromatic nitrogens is 1. The molecule has 0 radical (unpaired) electrons. The average molecular weight is 147 g/mol. The van der Waals surface area contributed by atoms with Crippen molar-refractivity contribution in [2.45, 2.75) is 20.3 Å². The van der Waals surface area contributed by atoms with Gasteiger partial charge in [0.15, 0.2) is 0 Å². The minimum atomic E-state index is 1.08. The predicted octanol–water partition coefficient (Wildman–Crippen LogP) is 2.81. The molecule has 1 aromatic rings. The SMILES string of the molecule is CC/C=C\c1cnccc1C. The molecule has 0 amide bonds. The van der Waals surface area contributed by atoms with Crippen molar-refractivity contribution in [3.63, 3.8) is 0 Å². The normalized spacial score (nSPS) is 10.7. The summed E-state index contributed by atoms with van der Waals surface area (Å²) in [4.78, 5) is 4.05. The van der Waals surface area contributed by atoms with E-state index in [9.17, 15) is 0 Å². The van der Waals surface area contributed by atoms with Crippen molar-refractivity contribution in [3.8, 4) is 0 Å². The molecule has 0 aliphatic heterocycles. The highest BCUT2D eigenvalue weighted by Gasteiger charge is 1.89. The number of rotatable bonds is 2. The van der Waals surface area contributed by atoms with Gasteiger partial charge in [-0.05, 0) is 30.5 Å². The van der Waals surface area contributed by atoms with E-state index >= 15 is 0 Å². The van der Waals surface area contributed by atoms with E-state index in [1.54, 1.807) is 0 Å². The second-order valence-electron chi connectivity index (χ2n) is 2.54. The maximum absolute atomic E-state index is 4.05. The van der Waals surface area contributed by atoms with Crippen molar-refractivity contribution in [2.75, 3.05) is 0 Å². The molecule has 11 heavy (non-hydrogen) atoms. The molecule has 0 aromatic carbocycles. The minimum absolute atomic E-state index is 1.08. The summed E-state index contributed by atoms with van der Waals surface area (Å²) in [6.07, 6.45) is 9.04. The molecule has 0 saturated heterocycles. The first-order chi connectivity index (χ1) is 5.34. The molecule has 1 heterocycles. The molecule has 58 valence electrons. The van der Waals surface area contributed by atoms with Crippen LogP contribution in [0, 0.1) is 6.92 Å². The van der Waals surface area contributed by atoms with E-state index in [0.717, 1.165) is 6.42 Å². The first-order valence-electron chi connectivity index (χ1n) is 3.91. The minimum Gasteiger partial charge on any atom is -0.264 e. The maximum atomic E-state index is 4.05. The zero-order valence-electron chi connectivity index (χ0n) is 7.04. The lowest BCUT2D eigenvalue weighted by Crippen LogP contribution is -1.80. The van der Waals surface area contributed by atoms with Gasteiger partial charge in [0.1, 0.15) is 0 Å². The van der Waals surface area contributed by atoms with Gasteiger partial charge in [-0.2, -0.15) is 0 Å². The van der Waals surface area contributed by atoms with Crippen LogP contribution in [-0.2, 0) is 0 Å². The Morgan fingerprint density at radius 3 is 3.00 bits per heavy atom. The number of pyridine rings is 1. The number of hydrogen-bond donors (Lipinski definition) is 0. The van der Waals surface area contributed by atoms with E-state index in [-0.39, 0.29) is 0 Å². The Morgan fingerprint density at radius 1 is 1.55 bits per heavy atom. The molecule has 1 heteroatoms. The molecular weight excluding hydrogens is 134 g/mol. The van der Waals surface area contributed by atoms with Crippen molar-refractivity contribution in [1.82, 2.24) is 4.98 Å². The summed E-state index contributed by atoms with van der Waals surface area (Å²) in [6, 6.07) is 2.02. The molecule has 1 rings (SSSR count). The molecule has 0 spiro atoms. The lowest BCUT2D eigenvalue weighted by molar-refractivity contribution is 1.22. The van der Waals surface area contributed by atoms with Crippen LogP contribution < -0.4 is 0 Å². The highest BCUT2D eigenvalue weighted by atomic mass is 14.6. The summed E-state index contributed by atoms with van der Waals surface area (Å²) in [5, 5.41) is 0. The Labute approximate surface area is 67.8 Å². The molecule has 0 aliphatic carbocycles. The van der Waals surface area contributed by atoms with Gasteiger partial charge in [-0.25, -0.2) is 0 Å². The lowest BCUT2D eigenvalue weighted by atomic mass is 10.1. The lowest BCUT2D eigenvalue weighted by Gasteiger charge is -1.96. The maximum Gasteiger partial charge on any atom is 0.0342 e. The van der Waals surface area contributed by atoms with E-state index < -0.39 is 0 Å². The van der Waals surface area contributed by atoms with Crippen LogP contribution in [0.2, 0.25) is 0 Å². The second-order valence-corrected chi connectivity index (χ2v) is 2.54. The van der Waals surface area contributed by atoms with Gasteiger partial charge in [-0.15, -0.1) is 0 Å². The van der Waals surface area contributed by atoms with Crippen LogP contribution >= 0.6 is 0 Å². The van der Waals surface area contributed by atoms with Crippen molar-refractivity contribution < 1.29 is 0 Å². The molecule has 0 unspecified atom stereocenters. The van der Waals surface area contributed by atoms with Crippen LogP contribution in [0.15, 0.2) is 24.5 Å². The highest BCUT2D eigenvalue weighted by Crippen LogP contribution is 2.06. The van der Waals surface area contributed by atoms with E-state index in [1.807, 2.05) is 18.5 Å². The zero-order chi connectivity index (χ0) is 8.10. The van der Waals surface area contributed by atoms with Crippen LogP contribution in [0.4, 0.5) is 0 Å². The fraction of sp³-hybridized carbons (Fsp3) is 0.300. The highest BCUT2D eigenvalue weighted by molar-refractivity contribution is 5.51. The number of nitrogens with zero attached hydrogens (tertiary/aromatic N) is 1. The van der Waals surface area contributed by atoms with Crippen molar-refractivity contribution in [3.05, 3.63) is 35.7 Å². The van der Waals surface area contributed by atoms with Gasteiger partial charge in [0.05, 0.1) is 0 Å². The second kappa shape index (κ2) is 3.91. The first-order valence-corrected chi connectivity index (χ1v) is 3.91. The average Bonchev–Trinajstić information content (AvgIpc) is 2.03. The molecule has 1 aromatic heterocycles. The van der Waals surface area contributed by atoms with Crippen LogP contribution in [0.1, 0.15) is 24.5 Å². The summed E-state index contributed by atoms with van der Waals surface area (Å²) in [7, 11) is 0. The summed E-state index contributed by atoms with van der Waals surface area (Å²) in [5.41, 5.74) is 2.50. The van der Waals surface area contributed by atoms with Crippen LogP contribution in [0.25, 0.3) is 6.08 Å². The molecule has 0 atom stereocenters. The van der Waals surface area contributed by atoms with Gasteiger partial charge < -0.3 is 0 Å². The van der Waals surface area contributed by atoms with Crippen LogP contribution in [0.3, 0.4) is 0 Å². The first kappa shape index (κ1) is 7.99. The molecule has 0 N–H and O–H groups in total. The van der Waals surface area contributed by atoms with Gasteiger partial charge >= 0.3 is 0 Å². The molecule has 0 saturated carbocycles. The fourth-order valence-electron chi connectivity index (χ4n) is 0.896. The summed E-state index contributed by atoms with van der Waals surface area (Å²) >= 11 is 0. The number of hydrogen-bond acceptors (Lipinski definition) is 1. The van der Waals surface area contributed by atoms with E-state index in [0.29, 0.717) is 0 Å². The van der Waals surface area contributed by atoms with Gasteiger partial charge in [0.25, 0.3) is 0 Å². The summed E-state index contributed by atoms with van der Waals surface area (Å²) in [5.74, 6) is 0. The third-order valence-electron chi connectivity index (χ3n) is 1.61. The van der Waals surface area contributed by atoms with Gasteiger partial charge in [0, 0.05) is 12.4 Å². The standard InChI is InChI=1S/C10H13N/c1-3-4-5-10-8-11-7-6-9(10)2/h4-8H,3H2,1-2H3/b5-4-. The van der Waals surface area contributed by atoms with E-state index in [4.69, 9.17) is 0 Å². The zero-order valence-corrected chi connectivity index (χ0v) is 7.04. The Hall–Kier alpha value is -1.11. The largest absolute Gasteiger partial charge is 0.264 e. The predicted molar refractivity (Wildman–Crippen MR) is 48.3 cm³/mol. The topological polar surface area (TPSA) is 12.9 Å². The van der Waals surface area contributed by atoms with E-state index in [2.05, 4.69) is 31.0 Å². The number of allylic oxidation sites excluding steroid dienone is 1. The summed E-state index contributed by atoms with van der Waals surface area (Å²) < 4.78 is 0. The van der Waals surface area contributed by atoms with Crippen molar-refractivity contribution in [1.29, 1.82) is 0 Å². The van der Waals surface area contributed by atoms with Gasteiger partial charge in [-0.3, -0.25) is 4.98 Å². The Balaban J connectivity index is 2.86.